The SMILES string of the molecule is O=C1/C(=C\c2cc(Br)ccc2F)SC(=S)N1c1ccccc1. The van der Waals surface area contributed by atoms with Gasteiger partial charge in [-0.1, -0.05) is 58.1 Å². The molecule has 1 fully saturated rings. The average Bonchev–Trinajstić information content (AvgIpc) is 2.78. The zero-order chi connectivity index (χ0) is 15.7. The molecular formula is C16H9BrFNOS2. The number of carbonyl (C=O) groups is 1. The second-order valence-electron chi connectivity index (χ2n) is 4.52. The minimum Gasteiger partial charge on any atom is -0.268 e. The molecule has 0 N–H and O–H groups in total. The van der Waals surface area contributed by atoms with Crippen LogP contribution in [0.15, 0.2) is 57.9 Å². The number of hydrogen-bond donors (Lipinski definition) is 0. The lowest BCUT2D eigenvalue weighted by Crippen LogP contribution is -2.27. The van der Waals surface area contributed by atoms with Gasteiger partial charge in [0.25, 0.3) is 5.91 Å². The summed E-state index contributed by atoms with van der Waals surface area (Å²) in [5.74, 6) is -0.617. The van der Waals surface area contributed by atoms with Gasteiger partial charge >= 0.3 is 0 Å². The molecule has 0 saturated carbocycles. The largest absolute Gasteiger partial charge is 0.270 e. The lowest BCUT2D eigenvalue weighted by atomic mass is 10.2. The van der Waals surface area contributed by atoms with Crippen molar-refractivity contribution in [2.75, 3.05) is 4.90 Å². The number of halogens is 2. The number of anilines is 1. The molecule has 1 saturated heterocycles. The van der Waals surface area contributed by atoms with E-state index in [-0.39, 0.29) is 11.7 Å². The van der Waals surface area contributed by atoms with Gasteiger partial charge in [0.1, 0.15) is 5.82 Å². The molecule has 3 rings (SSSR count). The van der Waals surface area contributed by atoms with E-state index in [1.165, 1.54) is 28.8 Å². The van der Waals surface area contributed by atoms with Crippen LogP contribution in [-0.4, -0.2) is 10.2 Å². The van der Waals surface area contributed by atoms with E-state index in [2.05, 4.69) is 15.9 Å². The van der Waals surface area contributed by atoms with Crippen molar-refractivity contribution in [3.05, 3.63) is 69.3 Å². The molecule has 0 unspecified atom stereocenters. The van der Waals surface area contributed by atoms with Crippen LogP contribution in [0.1, 0.15) is 5.56 Å². The molecule has 1 amide bonds. The van der Waals surface area contributed by atoms with Crippen molar-refractivity contribution in [3.63, 3.8) is 0 Å². The first-order valence-corrected chi connectivity index (χ1v) is 8.36. The summed E-state index contributed by atoms with van der Waals surface area (Å²) in [4.78, 5) is 14.4. The van der Waals surface area contributed by atoms with Crippen molar-refractivity contribution < 1.29 is 9.18 Å². The molecule has 1 aliphatic rings. The molecule has 2 aromatic carbocycles. The number of benzene rings is 2. The van der Waals surface area contributed by atoms with Gasteiger partial charge in [0.05, 0.1) is 10.6 Å². The Balaban J connectivity index is 1.97. The van der Waals surface area contributed by atoms with Crippen molar-refractivity contribution in [3.8, 4) is 0 Å². The zero-order valence-corrected chi connectivity index (χ0v) is 14.3. The summed E-state index contributed by atoms with van der Waals surface area (Å²) >= 11 is 9.75. The van der Waals surface area contributed by atoms with Crippen LogP contribution in [0.5, 0.6) is 0 Å². The molecule has 0 aromatic heterocycles. The van der Waals surface area contributed by atoms with E-state index in [9.17, 15) is 9.18 Å². The second-order valence-corrected chi connectivity index (χ2v) is 7.11. The molecule has 0 atom stereocenters. The third-order valence-electron chi connectivity index (χ3n) is 3.05. The van der Waals surface area contributed by atoms with Crippen LogP contribution in [0.25, 0.3) is 6.08 Å². The van der Waals surface area contributed by atoms with E-state index in [1.807, 2.05) is 30.3 Å². The number of carbonyl (C=O) groups excluding carboxylic acids is 1. The van der Waals surface area contributed by atoms with Crippen molar-refractivity contribution >= 4 is 61.9 Å². The van der Waals surface area contributed by atoms with Gasteiger partial charge in [-0.15, -0.1) is 0 Å². The van der Waals surface area contributed by atoms with Gasteiger partial charge in [-0.2, -0.15) is 0 Å². The maximum absolute atomic E-state index is 13.8. The summed E-state index contributed by atoms with van der Waals surface area (Å²) in [5, 5.41) is 0. The molecule has 22 heavy (non-hydrogen) atoms. The highest BCUT2D eigenvalue weighted by Crippen LogP contribution is 2.36. The summed E-state index contributed by atoms with van der Waals surface area (Å²) < 4.78 is 15.0. The number of nitrogens with zero attached hydrogens (tertiary/aromatic N) is 1. The molecule has 2 nitrogen and oxygen atoms in total. The fourth-order valence-corrected chi connectivity index (χ4v) is 3.70. The van der Waals surface area contributed by atoms with Gasteiger partial charge in [-0.25, -0.2) is 4.39 Å². The molecule has 0 aliphatic carbocycles. The highest BCUT2D eigenvalue weighted by molar-refractivity contribution is 9.10. The van der Waals surface area contributed by atoms with Gasteiger partial charge in [0.2, 0.25) is 0 Å². The van der Waals surface area contributed by atoms with Crippen LogP contribution >= 0.6 is 39.9 Å². The van der Waals surface area contributed by atoms with E-state index < -0.39 is 0 Å². The van der Waals surface area contributed by atoms with Gasteiger partial charge in [0.15, 0.2) is 4.32 Å². The van der Waals surface area contributed by atoms with Gasteiger partial charge in [-0.3, -0.25) is 9.69 Å². The first-order valence-electron chi connectivity index (χ1n) is 6.34. The minimum absolute atomic E-state index is 0.236. The van der Waals surface area contributed by atoms with E-state index in [1.54, 1.807) is 12.1 Å². The molecule has 110 valence electrons. The Morgan fingerprint density at radius 2 is 1.91 bits per heavy atom. The first kappa shape index (κ1) is 15.4. The first-order chi connectivity index (χ1) is 10.6. The number of hydrogen-bond acceptors (Lipinski definition) is 3. The topological polar surface area (TPSA) is 20.3 Å². The Kier molecular flexibility index (Phi) is 4.42. The maximum atomic E-state index is 13.8. The van der Waals surface area contributed by atoms with E-state index in [0.717, 1.165) is 4.47 Å². The highest BCUT2D eigenvalue weighted by atomic mass is 79.9. The van der Waals surface area contributed by atoms with Crippen LogP contribution in [0.3, 0.4) is 0 Å². The Labute approximate surface area is 145 Å². The predicted octanol–water partition coefficient (Wildman–Crippen LogP) is 4.99. The van der Waals surface area contributed by atoms with E-state index >= 15 is 0 Å². The van der Waals surface area contributed by atoms with Crippen molar-refractivity contribution in [1.29, 1.82) is 0 Å². The second kappa shape index (κ2) is 6.32. The molecule has 6 heteroatoms. The number of amides is 1. The lowest BCUT2D eigenvalue weighted by Gasteiger charge is -2.13. The molecule has 0 bridgehead atoms. The normalized spacial score (nSPS) is 16.6. The predicted molar refractivity (Wildman–Crippen MR) is 96.2 cm³/mol. The number of thioether (sulfide) groups is 1. The van der Waals surface area contributed by atoms with Crippen molar-refractivity contribution in [1.82, 2.24) is 0 Å². The molecule has 2 aromatic rings. The van der Waals surface area contributed by atoms with Crippen LogP contribution < -0.4 is 4.90 Å². The van der Waals surface area contributed by atoms with Crippen LogP contribution in [0.2, 0.25) is 0 Å². The standard InChI is InChI=1S/C16H9BrFNOS2/c17-11-6-7-13(18)10(8-11)9-14-15(20)19(16(21)22-14)12-4-2-1-3-5-12/h1-9H/b14-9+. The molecule has 1 heterocycles. The Morgan fingerprint density at radius 1 is 1.18 bits per heavy atom. The smallest absolute Gasteiger partial charge is 0.268 e. The fraction of sp³-hybridized carbons (Fsp3) is 0. The average molecular weight is 394 g/mol. The Morgan fingerprint density at radius 3 is 2.64 bits per heavy atom. The number of para-hydroxylation sites is 1. The fourth-order valence-electron chi connectivity index (χ4n) is 2.03. The van der Waals surface area contributed by atoms with Crippen LogP contribution in [0, 0.1) is 5.82 Å². The lowest BCUT2D eigenvalue weighted by molar-refractivity contribution is -0.113. The van der Waals surface area contributed by atoms with Gasteiger partial charge < -0.3 is 0 Å². The highest BCUT2D eigenvalue weighted by Gasteiger charge is 2.33. The third-order valence-corrected chi connectivity index (χ3v) is 4.85. The molecule has 1 aliphatic heterocycles. The van der Waals surface area contributed by atoms with Crippen LogP contribution in [-0.2, 0) is 4.79 Å². The molecule has 0 radical (unpaired) electrons. The monoisotopic (exact) mass is 393 g/mol. The zero-order valence-electron chi connectivity index (χ0n) is 11.1. The quantitative estimate of drug-likeness (QED) is 0.529. The number of thiocarbonyl (C=S) groups is 1. The summed E-state index contributed by atoms with van der Waals surface area (Å²) in [6.45, 7) is 0. The molecule has 0 spiro atoms. The van der Waals surface area contributed by atoms with Gasteiger partial charge in [-0.05, 0) is 36.4 Å². The summed E-state index contributed by atoms with van der Waals surface area (Å²) in [7, 11) is 0. The molecular weight excluding hydrogens is 385 g/mol. The van der Waals surface area contributed by atoms with Gasteiger partial charge in [0, 0.05) is 10.0 Å². The van der Waals surface area contributed by atoms with E-state index in [0.29, 0.717) is 20.5 Å². The van der Waals surface area contributed by atoms with Crippen molar-refractivity contribution in [2.45, 2.75) is 0 Å². The van der Waals surface area contributed by atoms with Crippen molar-refractivity contribution in [2.24, 2.45) is 0 Å². The Bertz CT molecular complexity index is 792. The van der Waals surface area contributed by atoms with E-state index in [4.69, 9.17) is 12.2 Å². The maximum Gasteiger partial charge on any atom is 0.270 e. The summed E-state index contributed by atoms with van der Waals surface area (Å²) in [6, 6.07) is 13.8. The minimum atomic E-state index is -0.381. The summed E-state index contributed by atoms with van der Waals surface area (Å²) in [6.07, 6.45) is 1.53. The third kappa shape index (κ3) is 2.99. The Hall–Kier alpha value is -1.50. The van der Waals surface area contributed by atoms with Crippen LogP contribution in [0.4, 0.5) is 10.1 Å². The number of rotatable bonds is 2. The summed E-state index contributed by atoms with van der Waals surface area (Å²) in [5.41, 5.74) is 1.06.